The van der Waals surface area contributed by atoms with Gasteiger partial charge in [0, 0.05) is 35.5 Å². The summed E-state index contributed by atoms with van der Waals surface area (Å²) in [7, 11) is 2.04. The van der Waals surface area contributed by atoms with Gasteiger partial charge in [0.1, 0.15) is 0 Å². The molecule has 2 aromatic carbocycles. The van der Waals surface area contributed by atoms with Crippen LogP contribution in [0.3, 0.4) is 0 Å². The van der Waals surface area contributed by atoms with Gasteiger partial charge in [-0.1, -0.05) is 6.07 Å². The highest BCUT2D eigenvalue weighted by Crippen LogP contribution is 2.24. The Morgan fingerprint density at radius 2 is 1.80 bits per heavy atom. The number of hydrogen-bond donors (Lipinski definition) is 1. The second-order valence-corrected chi connectivity index (χ2v) is 4.97. The van der Waals surface area contributed by atoms with Crippen LogP contribution in [0, 0.1) is 18.3 Å². The Hall–Kier alpha value is -2.73. The lowest BCUT2D eigenvalue weighted by atomic mass is 10.1. The highest BCUT2D eigenvalue weighted by Gasteiger charge is 2.02. The van der Waals surface area contributed by atoms with Crippen molar-refractivity contribution in [1.29, 1.82) is 5.26 Å². The Balaban J connectivity index is 1.95. The van der Waals surface area contributed by atoms with E-state index in [1.165, 1.54) is 10.9 Å². The number of hydrogen-bond acceptors (Lipinski definition) is 2. The molecule has 0 bridgehead atoms. The third-order valence-electron chi connectivity index (χ3n) is 3.53. The molecule has 0 saturated carbocycles. The van der Waals surface area contributed by atoms with Crippen molar-refractivity contribution in [3.05, 3.63) is 59.8 Å². The maximum absolute atomic E-state index is 9.07. The van der Waals surface area contributed by atoms with E-state index < -0.39 is 0 Å². The summed E-state index contributed by atoms with van der Waals surface area (Å²) in [6.45, 7) is 1.94. The Bertz CT molecular complexity index is 822. The molecule has 3 heteroatoms. The van der Waals surface area contributed by atoms with Crippen LogP contribution in [-0.2, 0) is 7.05 Å². The van der Waals surface area contributed by atoms with Crippen LogP contribution in [0.2, 0.25) is 0 Å². The number of fused-ring (bicyclic) bond motifs is 1. The molecule has 0 fully saturated rings. The molecule has 0 amide bonds. The monoisotopic (exact) mass is 261 g/mol. The molecule has 0 spiro atoms. The van der Waals surface area contributed by atoms with Crippen LogP contribution in [0.5, 0.6) is 0 Å². The zero-order chi connectivity index (χ0) is 14.1. The van der Waals surface area contributed by atoms with E-state index in [0.29, 0.717) is 5.56 Å². The zero-order valence-corrected chi connectivity index (χ0v) is 11.5. The fourth-order valence-corrected chi connectivity index (χ4v) is 2.35. The van der Waals surface area contributed by atoms with Crippen LogP contribution in [-0.4, -0.2) is 4.57 Å². The van der Waals surface area contributed by atoms with Gasteiger partial charge in [-0.3, -0.25) is 0 Å². The van der Waals surface area contributed by atoms with Crippen molar-refractivity contribution in [3.8, 4) is 6.07 Å². The van der Waals surface area contributed by atoms with E-state index in [4.69, 9.17) is 5.26 Å². The predicted octanol–water partition coefficient (Wildman–Crippen LogP) is 4.10. The van der Waals surface area contributed by atoms with E-state index in [1.54, 1.807) is 0 Å². The topological polar surface area (TPSA) is 40.8 Å². The molecule has 1 aromatic heterocycles. The summed E-state index contributed by atoms with van der Waals surface area (Å²) in [5, 5.41) is 13.6. The van der Waals surface area contributed by atoms with Gasteiger partial charge in [0.2, 0.25) is 0 Å². The van der Waals surface area contributed by atoms with Gasteiger partial charge >= 0.3 is 0 Å². The predicted molar refractivity (Wildman–Crippen MR) is 82.1 cm³/mol. The maximum Gasteiger partial charge on any atom is 0.0995 e. The molecule has 0 aliphatic heterocycles. The average molecular weight is 261 g/mol. The minimum Gasteiger partial charge on any atom is -0.355 e. The van der Waals surface area contributed by atoms with Gasteiger partial charge in [0.25, 0.3) is 0 Å². The molecule has 0 saturated heterocycles. The minimum absolute atomic E-state index is 0.704. The van der Waals surface area contributed by atoms with E-state index in [2.05, 4.69) is 34.2 Å². The van der Waals surface area contributed by atoms with Crippen LogP contribution in [0.1, 0.15) is 11.1 Å². The second-order valence-electron chi connectivity index (χ2n) is 4.97. The third kappa shape index (κ3) is 2.12. The third-order valence-corrected chi connectivity index (χ3v) is 3.53. The van der Waals surface area contributed by atoms with Gasteiger partial charge in [-0.05, 0) is 48.9 Å². The minimum atomic E-state index is 0.704. The van der Waals surface area contributed by atoms with Crippen LogP contribution in [0.15, 0.2) is 48.7 Å². The standard InChI is InChI=1S/C17H15N3/c1-12-3-4-15(10-14(12)11-18)19-16-5-6-17-13(9-16)7-8-20(17)2/h3-10,19H,1-2H3. The van der Waals surface area contributed by atoms with Crippen molar-refractivity contribution in [2.24, 2.45) is 7.05 Å². The highest BCUT2D eigenvalue weighted by atomic mass is 14.9. The molecular weight excluding hydrogens is 246 g/mol. The molecule has 0 radical (unpaired) electrons. The number of aryl methyl sites for hydroxylation is 2. The Labute approximate surface area is 118 Å². The normalized spacial score (nSPS) is 10.4. The van der Waals surface area contributed by atoms with Crippen LogP contribution < -0.4 is 5.32 Å². The number of aromatic nitrogens is 1. The fraction of sp³-hybridized carbons (Fsp3) is 0.118. The van der Waals surface area contributed by atoms with Crippen molar-refractivity contribution in [1.82, 2.24) is 4.57 Å². The number of nitrogens with zero attached hydrogens (tertiary/aromatic N) is 2. The van der Waals surface area contributed by atoms with Crippen molar-refractivity contribution in [3.63, 3.8) is 0 Å². The highest BCUT2D eigenvalue weighted by molar-refractivity contribution is 5.84. The first-order valence-corrected chi connectivity index (χ1v) is 6.50. The molecule has 0 atom stereocenters. The van der Waals surface area contributed by atoms with E-state index in [0.717, 1.165) is 16.9 Å². The van der Waals surface area contributed by atoms with Gasteiger partial charge in [0.05, 0.1) is 11.6 Å². The smallest absolute Gasteiger partial charge is 0.0995 e. The maximum atomic E-state index is 9.07. The lowest BCUT2D eigenvalue weighted by molar-refractivity contribution is 0.969. The average Bonchev–Trinajstić information content (AvgIpc) is 2.82. The van der Waals surface area contributed by atoms with Gasteiger partial charge in [0.15, 0.2) is 0 Å². The number of rotatable bonds is 2. The van der Waals surface area contributed by atoms with Crippen LogP contribution >= 0.6 is 0 Å². The molecule has 3 rings (SSSR count). The first kappa shape index (κ1) is 12.3. The molecule has 98 valence electrons. The van der Waals surface area contributed by atoms with Crippen molar-refractivity contribution in [2.45, 2.75) is 6.92 Å². The number of anilines is 2. The Kier molecular flexibility index (Phi) is 2.92. The van der Waals surface area contributed by atoms with E-state index >= 15 is 0 Å². The summed E-state index contributed by atoms with van der Waals surface area (Å²) in [4.78, 5) is 0. The molecule has 0 unspecified atom stereocenters. The first-order chi connectivity index (χ1) is 9.67. The van der Waals surface area contributed by atoms with E-state index in [-0.39, 0.29) is 0 Å². The van der Waals surface area contributed by atoms with Gasteiger partial charge in [-0.2, -0.15) is 5.26 Å². The van der Waals surface area contributed by atoms with E-state index in [9.17, 15) is 0 Å². The molecule has 0 aliphatic rings. The van der Waals surface area contributed by atoms with Crippen LogP contribution in [0.25, 0.3) is 10.9 Å². The van der Waals surface area contributed by atoms with Gasteiger partial charge < -0.3 is 9.88 Å². The molecule has 0 aliphatic carbocycles. The Morgan fingerprint density at radius 3 is 2.60 bits per heavy atom. The molecule has 1 N–H and O–H groups in total. The summed E-state index contributed by atoms with van der Waals surface area (Å²) < 4.78 is 2.10. The molecule has 20 heavy (non-hydrogen) atoms. The van der Waals surface area contributed by atoms with Gasteiger partial charge in [-0.15, -0.1) is 0 Å². The zero-order valence-electron chi connectivity index (χ0n) is 11.5. The lowest BCUT2D eigenvalue weighted by Gasteiger charge is -2.08. The quantitative estimate of drug-likeness (QED) is 0.754. The van der Waals surface area contributed by atoms with Crippen molar-refractivity contribution >= 4 is 22.3 Å². The van der Waals surface area contributed by atoms with E-state index in [1.807, 2.05) is 44.4 Å². The summed E-state index contributed by atoms with van der Waals surface area (Å²) in [6, 6.07) is 16.4. The molecule has 1 heterocycles. The van der Waals surface area contributed by atoms with Crippen molar-refractivity contribution in [2.75, 3.05) is 5.32 Å². The summed E-state index contributed by atoms with van der Waals surface area (Å²) in [6.07, 6.45) is 2.05. The first-order valence-electron chi connectivity index (χ1n) is 6.50. The molecule has 3 nitrogen and oxygen atoms in total. The lowest BCUT2D eigenvalue weighted by Crippen LogP contribution is -1.92. The largest absolute Gasteiger partial charge is 0.355 e. The second kappa shape index (κ2) is 4.75. The fourth-order valence-electron chi connectivity index (χ4n) is 2.35. The van der Waals surface area contributed by atoms with Crippen molar-refractivity contribution < 1.29 is 0 Å². The van der Waals surface area contributed by atoms with Gasteiger partial charge in [-0.25, -0.2) is 0 Å². The summed E-state index contributed by atoms with van der Waals surface area (Å²) in [5.74, 6) is 0. The number of benzene rings is 2. The van der Waals surface area contributed by atoms with Crippen LogP contribution in [0.4, 0.5) is 11.4 Å². The Morgan fingerprint density at radius 1 is 1.05 bits per heavy atom. The number of nitriles is 1. The summed E-state index contributed by atoms with van der Waals surface area (Å²) >= 11 is 0. The SMILES string of the molecule is Cc1ccc(Nc2ccc3c(ccn3C)c2)cc1C#N. The summed E-state index contributed by atoms with van der Waals surface area (Å²) in [5.41, 5.74) is 4.86. The molecular formula is C17H15N3. The number of nitrogens with one attached hydrogen (secondary N) is 1. The molecule has 3 aromatic rings.